The summed E-state index contributed by atoms with van der Waals surface area (Å²) in [5.41, 5.74) is 0.132. The minimum atomic E-state index is -0.397. The maximum Gasteiger partial charge on any atom is 0.0898 e. The summed E-state index contributed by atoms with van der Waals surface area (Å²) in [6.45, 7) is 9.21. The Labute approximate surface area is 86.8 Å². The van der Waals surface area contributed by atoms with E-state index in [-0.39, 0.29) is 5.60 Å². The van der Waals surface area contributed by atoms with E-state index in [1.54, 1.807) is 0 Å². The van der Waals surface area contributed by atoms with Gasteiger partial charge in [-0.2, -0.15) is 0 Å². The molecule has 0 aromatic rings. The van der Waals surface area contributed by atoms with Crippen LogP contribution in [0.3, 0.4) is 0 Å². The first-order chi connectivity index (χ1) is 6.31. The molecule has 3 heteroatoms. The van der Waals surface area contributed by atoms with Crippen molar-refractivity contribution in [2.24, 2.45) is 0 Å². The zero-order valence-electron chi connectivity index (χ0n) is 9.76. The van der Waals surface area contributed by atoms with Gasteiger partial charge in [-0.1, -0.05) is 0 Å². The molecule has 0 bridgehead atoms. The average Bonchev–Trinajstić information content (AvgIpc) is 2.76. The molecule has 0 radical (unpaired) electrons. The van der Waals surface area contributed by atoms with Crippen molar-refractivity contribution in [3.05, 3.63) is 0 Å². The van der Waals surface area contributed by atoms with Gasteiger partial charge in [0.05, 0.1) is 18.3 Å². The highest BCUT2D eigenvalue weighted by Gasteiger charge is 2.36. The molecule has 14 heavy (non-hydrogen) atoms. The van der Waals surface area contributed by atoms with E-state index in [1.807, 2.05) is 20.8 Å². The van der Waals surface area contributed by atoms with Crippen molar-refractivity contribution >= 4 is 0 Å². The van der Waals surface area contributed by atoms with E-state index in [4.69, 9.17) is 4.74 Å². The summed E-state index contributed by atoms with van der Waals surface area (Å²) in [6.07, 6.45) is 2.05. The molecule has 0 aromatic carbocycles. The van der Waals surface area contributed by atoms with E-state index in [0.29, 0.717) is 18.7 Å². The zero-order chi connectivity index (χ0) is 10.8. The lowest BCUT2D eigenvalue weighted by molar-refractivity contribution is -0.0484. The third-order valence-corrected chi connectivity index (χ3v) is 2.47. The van der Waals surface area contributed by atoms with Gasteiger partial charge < -0.3 is 15.2 Å². The molecule has 0 heterocycles. The van der Waals surface area contributed by atoms with Crippen molar-refractivity contribution in [2.45, 2.75) is 57.8 Å². The van der Waals surface area contributed by atoms with Gasteiger partial charge in [0.25, 0.3) is 0 Å². The van der Waals surface area contributed by atoms with Crippen LogP contribution in [0.1, 0.15) is 40.5 Å². The molecule has 0 aliphatic heterocycles. The van der Waals surface area contributed by atoms with Gasteiger partial charge in [-0.25, -0.2) is 0 Å². The fourth-order valence-electron chi connectivity index (χ4n) is 1.13. The molecule has 0 spiro atoms. The van der Waals surface area contributed by atoms with Gasteiger partial charge in [0.15, 0.2) is 0 Å². The van der Waals surface area contributed by atoms with Gasteiger partial charge in [0, 0.05) is 12.1 Å². The van der Waals surface area contributed by atoms with Crippen LogP contribution < -0.4 is 5.32 Å². The van der Waals surface area contributed by atoms with Gasteiger partial charge in [0.1, 0.15) is 0 Å². The van der Waals surface area contributed by atoms with Crippen LogP contribution in [0.4, 0.5) is 0 Å². The molecule has 0 aromatic heterocycles. The topological polar surface area (TPSA) is 41.5 Å². The van der Waals surface area contributed by atoms with E-state index in [9.17, 15) is 5.11 Å². The van der Waals surface area contributed by atoms with Crippen LogP contribution >= 0.6 is 0 Å². The summed E-state index contributed by atoms with van der Waals surface area (Å²) in [7, 11) is 0. The summed E-state index contributed by atoms with van der Waals surface area (Å²) < 4.78 is 5.49. The monoisotopic (exact) mass is 201 g/mol. The van der Waals surface area contributed by atoms with E-state index < -0.39 is 6.10 Å². The van der Waals surface area contributed by atoms with Crippen molar-refractivity contribution in [2.75, 3.05) is 13.2 Å². The Hall–Kier alpha value is -0.120. The van der Waals surface area contributed by atoms with Crippen molar-refractivity contribution in [3.8, 4) is 0 Å². The molecule has 1 saturated carbocycles. The van der Waals surface area contributed by atoms with Gasteiger partial charge in [-0.05, 0) is 40.5 Å². The fourth-order valence-corrected chi connectivity index (χ4v) is 1.13. The molecular weight excluding hydrogens is 178 g/mol. The van der Waals surface area contributed by atoms with E-state index in [0.717, 1.165) is 0 Å². The number of rotatable bonds is 5. The molecule has 1 rings (SSSR count). The van der Waals surface area contributed by atoms with Crippen LogP contribution in [-0.4, -0.2) is 35.5 Å². The van der Waals surface area contributed by atoms with Gasteiger partial charge in [-0.15, -0.1) is 0 Å². The lowest BCUT2D eigenvalue weighted by Crippen LogP contribution is -2.38. The lowest BCUT2D eigenvalue weighted by atomic mass is 10.2. The molecule has 3 nitrogen and oxygen atoms in total. The Bertz CT molecular complexity index is 173. The molecular formula is C11H23NO2. The number of nitrogens with one attached hydrogen (secondary N) is 1. The van der Waals surface area contributed by atoms with E-state index in [2.05, 4.69) is 12.2 Å². The molecule has 2 N–H and O–H groups in total. The first-order valence-electron chi connectivity index (χ1n) is 5.38. The van der Waals surface area contributed by atoms with Crippen LogP contribution in [0.25, 0.3) is 0 Å². The Balaban J connectivity index is 2.07. The molecule has 0 amide bonds. The summed E-state index contributed by atoms with van der Waals surface area (Å²) in [5.74, 6) is 0. The highest BCUT2D eigenvalue weighted by atomic mass is 16.5. The minimum absolute atomic E-state index is 0.162. The first-order valence-corrected chi connectivity index (χ1v) is 5.38. The number of hydrogen-bond acceptors (Lipinski definition) is 3. The molecule has 1 aliphatic carbocycles. The van der Waals surface area contributed by atoms with Crippen LogP contribution in [0.5, 0.6) is 0 Å². The highest BCUT2D eigenvalue weighted by molar-refractivity contribution is 4.97. The second-order valence-electron chi connectivity index (χ2n) is 5.52. The molecule has 1 atom stereocenters. The Kier molecular flexibility index (Phi) is 3.56. The Morgan fingerprint density at radius 3 is 2.43 bits per heavy atom. The third-order valence-electron chi connectivity index (χ3n) is 2.47. The van der Waals surface area contributed by atoms with Crippen LogP contribution in [0.2, 0.25) is 0 Å². The van der Waals surface area contributed by atoms with Crippen molar-refractivity contribution in [3.63, 3.8) is 0 Å². The van der Waals surface area contributed by atoms with Crippen molar-refractivity contribution in [1.82, 2.24) is 5.32 Å². The number of β-amino-alcohol motifs (C(OH)–C–C–N with tert-alkyl or cyclic N) is 1. The fraction of sp³-hybridized carbons (Fsp3) is 1.00. The Morgan fingerprint density at radius 1 is 1.43 bits per heavy atom. The lowest BCUT2D eigenvalue weighted by Gasteiger charge is -2.23. The second-order valence-corrected chi connectivity index (χ2v) is 5.52. The molecule has 1 fully saturated rings. The number of aliphatic hydroxyl groups is 1. The maximum absolute atomic E-state index is 9.62. The molecule has 84 valence electrons. The van der Waals surface area contributed by atoms with E-state index in [1.165, 1.54) is 12.8 Å². The second kappa shape index (κ2) is 4.17. The number of ether oxygens (including phenoxy) is 1. The SMILES string of the molecule is CC1(NCC(O)COC(C)(C)C)CC1. The number of hydrogen-bond donors (Lipinski definition) is 2. The summed E-state index contributed by atoms with van der Waals surface area (Å²) in [6, 6.07) is 0. The van der Waals surface area contributed by atoms with Crippen molar-refractivity contribution in [1.29, 1.82) is 0 Å². The quantitative estimate of drug-likeness (QED) is 0.704. The summed E-state index contributed by atoms with van der Waals surface area (Å²) >= 11 is 0. The van der Waals surface area contributed by atoms with E-state index >= 15 is 0 Å². The standard InChI is InChI=1S/C11H23NO2/c1-10(2,3)14-8-9(13)7-12-11(4)5-6-11/h9,12-13H,5-8H2,1-4H3. The zero-order valence-corrected chi connectivity index (χ0v) is 9.76. The Morgan fingerprint density at radius 2 is 2.00 bits per heavy atom. The highest BCUT2D eigenvalue weighted by Crippen LogP contribution is 2.33. The molecule has 1 aliphatic rings. The summed E-state index contributed by atoms with van der Waals surface area (Å²) in [5, 5.41) is 13.0. The summed E-state index contributed by atoms with van der Waals surface area (Å²) in [4.78, 5) is 0. The maximum atomic E-state index is 9.62. The van der Waals surface area contributed by atoms with Crippen LogP contribution in [-0.2, 0) is 4.74 Å². The molecule has 0 saturated heterocycles. The predicted octanol–water partition coefficient (Wildman–Crippen LogP) is 1.30. The van der Waals surface area contributed by atoms with Gasteiger partial charge >= 0.3 is 0 Å². The third kappa shape index (κ3) is 4.94. The van der Waals surface area contributed by atoms with Gasteiger partial charge in [0.2, 0.25) is 0 Å². The largest absolute Gasteiger partial charge is 0.389 e. The van der Waals surface area contributed by atoms with Gasteiger partial charge in [-0.3, -0.25) is 0 Å². The van der Waals surface area contributed by atoms with Crippen molar-refractivity contribution < 1.29 is 9.84 Å². The molecule has 1 unspecified atom stereocenters. The normalized spacial score (nSPS) is 22.1. The first kappa shape index (κ1) is 12.0. The minimum Gasteiger partial charge on any atom is -0.389 e. The van der Waals surface area contributed by atoms with Crippen LogP contribution in [0.15, 0.2) is 0 Å². The number of aliphatic hydroxyl groups excluding tert-OH is 1. The van der Waals surface area contributed by atoms with Crippen LogP contribution in [0, 0.1) is 0 Å². The predicted molar refractivity (Wildman–Crippen MR) is 57.4 cm³/mol. The smallest absolute Gasteiger partial charge is 0.0898 e. The average molecular weight is 201 g/mol.